The van der Waals surface area contributed by atoms with E-state index in [9.17, 15) is 9.65 Å². The number of benzene rings is 2. The zero-order valence-electron chi connectivity index (χ0n) is 19.2. The molecule has 2 aliphatic rings. The molecule has 0 spiro atoms. The van der Waals surface area contributed by atoms with Crippen LogP contribution in [0.1, 0.15) is 28.7 Å². The number of anilines is 1. The van der Waals surface area contributed by atoms with Gasteiger partial charge in [0.25, 0.3) is 0 Å². The summed E-state index contributed by atoms with van der Waals surface area (Å²) in [4.78, 5) is 6.85. The third kappa shape index (κ3) is 4.72. The normalized spacial score (nSPS) is 20.2. The number of nitrogens with zero attached hydrogens (tertiary/aromatic N) is 3. The summed E-state index contributed by atoms with van der Waals surface area (Å²) >= 11 is 0. The molecule has 34 heavy (non-hydrogen) atoms. The molecule has 2 unspecified atom stereocenters. The van der Waals surface area contributed by atoms with E-state index in [1.165, 1.54) is 6.07 Å². The minimum absolute atomic E-state index is 0.113. The van der Waals surface area contributed by atoms with Crippen molar-refractivity contribution in [1.82, 2.24) is 10.3 Å². The molecule has 5 rings (SSSR count). The highest BCUT2D eigenvalue weighted by Crippen LogP contribution is 2.37. The molecule has 0 radical (unpaired) electrons. The van der Waals surface area contributed by atoms with Crippen LogP contribution >= 0.6 is 0 Å². The lowest BCUT2D eigenvalue weighted by molar-refractivity contribution is -0.00901. The highest BCUT2D eigenvalue weighted by atomic mass is 19.1. The van der Waals surface area contributed by atoms with Gasteiger partial charge < -0.3 is 15.0 Å². The smallest absolute Gasteiger partial charge is 0.124 e. The van der Waals surface area contributed by atoms with E-state index in [4.69, 9.17) is 4.74 Å². The second-order valence-corrected chi connectivity index (χ2v) is 8.92. The Balaban J connectivity index is 1.58. The van der Waals surface area contributed by atoms with Crippen LogP contribution in [-0.4, -0.2) is 43.4 Å². The van der Waals surface area contributed by atoms with E-state index in [0.29, 0.717) is 18.2 Å². The van der Waals surface area contributed by atoms with Gasteiger partial charge in [-0.1, -0.05) is 30.4 Å². The number of rotatable bonds is 4. The lowest BCUT2D eigenvalue weighted by Crippen LogP contribution is -2.58. The molecule has 3 aromatic rings. The molecular weight excluding hydrogens is 427 g/mol. The maximum atomic E-state index is 14.3. The molecule has 6 heteroatoms. The first kappa shape index (κ1) is 22.3. The van der Waals surface area contributed by atoms with Gasteiger partial charge in [-0.3, -0.25) is 4.98 Å². The van der Waals surface area contributed by atoms with Crippen molar-refractivity contribution < 1.29 is 9.13 Å². The number of aromatic nitrogens is 1. The molecule has 2 atom stereocenters. The van der Waals surface area contributed by atoms with Gasteiger partial charge in [-0.05, 0) is 54.3 Å². The van der Waals surface area contributed by atoms with Crippen molar-refractivity contribution in [3.8, 4) is 17.2 Å². The number of halogens is 1. The highest BCUT2D eigenvalue weighted by Gasteiger charge is 2.33. The maximum Gasteiger partial charge on any atom is 0.124 e. The summed E-state index contributed by atoms with van der Waals surface area (Å²) in [5.41, 5.74) is 6.12. The lowest BCUT2D eigenvalue weighted by Gasteiger charge is -2.43. The Hall–Kier alpha value is -3.53. The SMILES string of the molecule is Cc1cc(F)cc(-c2cncc(/C=C/c3cccc(C#N)c3)c2N2CCC3NCCOC3C2)c1. The predicted octanol–water partition coefficient (Wildman–Crippen LogP) is 4.81. The molecule has 2 aliphatic heterocycles. The first-order chi connectivity index (χ1) is 16.6. The fraction of sp³-hybridized carbons (Fsp3) is 0.286. The van der Waals surface area contributed by atoms with Crippen LogP contribution in [0.5, 0.6) is 0 Å². The topological polar surface area (TPSA) is 61.2 Å². The molecule has 2 aromatic carbocycles. The van der Waals surface area contributed by atoms with E-state index in [-0.39, 0.29) is 11.9 Å². The first-order valence-electron chi connectivity index (χ1n) is 11.6. The summed E-state index contributed by atoms with van der Waals surface area (Å²) in [5.74, 6) is -0.256. The van der Waals surface area contributed by atoms with Crippen LogP contribution < -0.4 is 10.2 Å². The molecule has 172 valence electrons. The lowest BCUT2D eigenvalue weighted by atomic mass is 9.95. The minimum atomic E-state index is -0.256. The highest BCUT2D eigenvalue weighted by molar-refractivity contribution is 5.87. The summed E-state index contributed by atoms with van der Waals surface area (Å²) in [6, 6.07) is 15.2. The molecular formula is C28H27FN4O. The minimum Gasteiger partial charge on any atom is -0.373 e. The van der Waals surface area contributed by atoms with Gasteiger partial charge in [-0.25, -0.2) is 4.39 Å². The zero-order valence-corrected chi connectivity index (χ0v) is 19.2. The molecule has 5 nitrogen and oxygen atoms in total. The summed E-state index contributed by atoms with van der Waals surface area (Å²) in [5, 5.41) is 12.8. The summed E-state index contributed by atoms with van der Waals surface area (Å²) in [7, 11) is 0. The van der Waals surface area contributed by atoms with Crippen LogP contribution in [0.3, 0.4) is 0 Å². The standard InChI is InChI=1S/C28H27FN4O/c1-19-11-23(14-24(29)12-19)25-17-31-16-22(6-5-20-3-2-4-21(13-20)15-30)28(25)33-9-7-26-27(18-33)34-10-8-32-26/h2-6,11-14,16-17,26-27,32H,7-10,18H2,1H3/b6-5+. The average molecular weight is 455 g/mol. The Morgan fingerprint density at radius 2 is 2.12 bits per heavy atom. The van der Waals surface area contributed by atoms with Gasteiger partial charge >= 0.3 is 0 Å². The fourth-order valence-corrected chi connectivity index (χ4v) is 4.92. The van der Waals surface area contributed by atoms with Gasteiger partial charge in [-0.2, -0.15) is 5.26 Å². The van der Waals surface area contributed by atoms with Crippen molar-refractivity contribution in [1.29, 1.82) is 5.26 Å². The zero-order chi connectivity index (χ0) is 23.5. The largest absolute Gasteiger partial charge is 0.373 e. The van der Waals surface area contributed by atoms with Gasteiger partial charge in [0, 0.05) is 49.2 Å². The van der Waals surface area contributed by atoms with Crippen molar-refractivity contribution >= 4 is 17.8 Å². The second-order valence-electron chi connectivity index (χ2n) is 8.92. The van der Waals surface area contributed by atoms with E-state index in [1.807, 2.05) is 55.7 Å². The number of morpholine rings is 1. The van der Waals surface area contributed by atoms with Crippen molar-refractivity contribution in [2.45, 2.75) is 25.5 Å². The Labute approximate surface area is 199 Å². The molecule has 2 saturated heterocycles. The molecule has 1 aromatic heterocycles. The molecule has 2 fully saturated rings. The second kappa shape index (κ2) is 9.76. The number of ether oxygens (including phenoxy) is 1. The first-order valence-corrected chi connectivity index (χ1v) is 11.6. The number of hydrogen-bond acceptors (Lipinski definition) is 5. The van der Waals surface area contributed by atoms with Crippen LogP contribution in [0.25, 0.3) is 23.3 Å². The van der Waals surface area contributed by atoms with E-state index in [0.717, 1.165) is 59.6 Å². The van der Waals surface area contributed by atoms with Gasteiger partial charge in [0.15, 0.2) is 0 Å². The van der Waals surface area contributed by atoms with Crippen molar-refractivity contribution in [3.05, 3.63) is 82.9 Å². The number of hydrogen-bond donors (Lipinski definition) is 1. The predicted molar refractivity (Wildman–Crippen MR) is 133 cm³/mol. The molecule has 0 aliphatic carbocycles. The van der Waals surface area contributed by atoms with E-state index < -0.39 is 0 Å². The molecule has 1 N–H and O–H groups in total. The van der Waals surface area contributed by atoms with Crippen molar-refractivity contribution in [2.24, 2.45) is 0 Å². The maximum absolute atomic E-state index is 14.3. The molecule has 0 amide bonds. The Morgan fingerprint density at radius 3 is 2.97 bits per heavy atom. The van der Waals surface area contributed by atoms with Crippen LogP contribution in [-0.2, 0) is 4.74 Å². The average Bonchev–Trinajstić information content (AvgIpc) is 2.86. The fourth-order valence-electron chi connectivity index (χ4n) is 4.92. The Morgan fingerprint density at radius 1 is 1.21 bits per heavy atom. The molecule has 0 saturated carbocycles. The van der Waals surface area contributed by atoms with Gasteiger partial charge in [-0.15, -0.1) is 0 Å². The Kier molecular flexibility index (Phi) is 6.39. The number of nitrogens with one attached hydrogen (secondary N) is 1. The molecule has 3 heterocycles. The monoisotopic (exact) mass is 454 g/mol. The van der Waals surface area contributed by atoms with Crippen LogP contribution in [0.2, 0.25) is 0 Å². The Bertz CT molecular complexity index is 1250. The summed E-state index contributed by atoms with van der Waals surface area (Å²) in [6.45, 7) is 5.13. The van der Waals surface area contributed by atoms with Crippen LogP contribution in [0, 0.1) is 24.1 Å². The number of fused-ring (bicyclic) bond motifs is 1. The van der Waals surface area contributed by atoms with Crippen molar-refractivity contribution in [2.75, 3.05) is 31.1 Å². The van der Waals surface area contributed by atoms with Crippen molar-refractivity contribution in [3.63, 3.8) is 0 Å². The van der Waals surface area contributed by atoms with E-state index in [2.05, 4.69) is 21.3 Å². The van der Waals surface area contributed by atoms with Gasteiger partial charge in [0.05, 0.1) is 30.0 Å². The summed E-state index contributed by atoms with van der Waals surface area (Å²) < 4.78 is 20.4. The third-order valence-electron chi connectivity index (χ3n) is 6.49. The quantitative estimate of drug-likeness (QED) is 0.613. The van der Waals surface area contributed by atoms with Crippen LogP contribution in [0.4, 0.5) is 10.1 Å². The third-order valence-corrected chi connectivity index (χ3v) is 6.49. The number of nitriles is 1. The number of pyridine rings is 1. The van der Waals surface area contributed by atoms with E-state index in [1.54, 1.807) is 12.1 Å². The van der Waals surface area contributed by atoms with E-state index >= 15 is 0 Å². The summed E-state index contributed by atoms with van der Waals surface area (Å²) in [6.07, 6.45) is 8.78. The molecule has 0 bridgehead atoms. The number of aryl methyl sites for hydroxylation is 1. The number of piperidine rings is 1. The van der Waals surface area contributed by atoms with Gasteiger partial charge in [0.2, 0.25) is 0 Å². The van der Waals surface area contributed by atoms with Gasteiger partial charge in [0.1, 0.15) is 5.82 Å². The van der Waals surface area contributed by atoms with Crippen LogP contribution in [0.15, 0.2) is 54.9 Å².